The van der Waals surface area contributed by atoms with Crippen molar-refractivity contribution >= 4 is 17.6 Å². The minimum Gasteiger partial charge on any atom is -0.355 e. The molecule has 5 heteroatoms. The lowest BCUT2D eigenvalue weighted by Crippen LogP contribution is -2.50. The number of amidine groups is 1. The second-order valence-electron chi connectivity index (χ2n) is 7.02. The maximum Gasteiger partial charge on any atom is 0.273 e. The molecule has 0 spiro atoms. The largest absolute Gasteiger partial charge is 0.355 e. The second-order valence-corrected chi connectivity index (χ2v) is 7.02. The van der Waals surface area contributed by atoms with E-state index in [2.05, 4.69) is 21.5 Å². The Balaban J connectivity index is 2.38. The van der Waals surface area contributed by atoms with Crippen LogP contribution in [-0.2, 0) is 4.79 Å². The zero-order chi connectivity index (χ0) is 18.1. The molecule has 126 valence electrons. The monoisotopic (exact) mass is 325 g/mol. The third-order valence-electron chi connectivity index (χ3n) is 4.40. The summed E-state index contributed by atoms with van der Waals surface area (Å²) in [4.78, 5) is 29.0. The van der Waals surface area contributed by atoms with Crippen molar-refractivity contribution in [2.24, 2.45) is 10.9 Å². The SMILES string of the molecule is C#CC(C)(C)NC(=O)c1ccccc1C1=NC(=O)C(C)(C(C)C)N1. The predicted octanol–water partition coefficient (Wildman–Crippen LogP) is 2.12. The molecule has 5 nitrogen and oxygen atoms in total. The van der Waals surface area contributed by atoms with Crippen molar-refractivity contribution in [3.05, 3.63) is 35.4 Å². The first-order valence-electron chi connectivity index (χ1n) is 7.91. The van der Waals surface area contributed by atoms with Gasteiger partial charge in [-0.2, -0.15) is 4.99 Å². The molecule has 0 radical (unpaired) electrons. The maximum absolute atomic E-state index is 12.6. The Labute approximate surface area is 142 Å². The highest BCUT2D eigenvalue weighted by atomic mass is 16.2. The summed E-state index contributed by atoms with van der Waals surface area (Å²) in [5.41, 5.74) is -0.526. The molecule has 0 saturated heterocycles. The van der Waals surface area contributed by atoms with Crippen LogP contribution in [0.4, 0.5) is 0 Å². The van der Waals surface area contributed by atoms with E-state index in [4.69, 9.17) is 6.42 Å². The first-order valence-corrected chi connectivity index (χ1v) is 7.91. The van der Waals surface area contributed by atoms with Crippen molar-refractivity contribution in [2.75, 3.05) is 0 Å². The van der Waals surface area contributed by atoms with Gasteiger partial charge >= 0.3 is 0 Å². The smallest absolute Gasteiger partial charge is 0.273 e. The molecule has 1 heterocycles. The number of rotatable bonds is 4. The highest BCUT2D eigenvalue weighted by Gasteiger charge is 2.42. The average molecular weight is 325 g/mol. The molecular formula is C19H23N3O2. The van der Waals surface area contributed by atoms with Crippen LogP contribution in [0.3, 0.4) is 0 Å². The molecule has 1 aliphatic heterocycles. The molecule has 2 rings (SSSR count). The topological polar surface area (TPSA) is 70.6 Å². The quantitative estimate of drug-likeness (QED) is 0.833. The number of terminal acetylenes is 1. The average Bonchev–Trinajstić information content (AvgIpc) is 2.84. The minimum absolute atomic E-state index is 0.0626. The molecule has 0 bridgehead atoms. The van der Waals surface area contributed by atoms with Gasteiger partial charge in [-0.05, 0) is 32.8 Å². The van der Waals surface area contributed by atoms with E-state index < -0.39 is 11.1 Å². The van der Waals surface area contributed by atoms with Gasteiger partial charge in [-0.25, -0.2) is 0 Å². The second kappa shape index (κ2) is 6.12. The van der Waals surface area contributed by atoms with Gasteiger partial charge in [-0.3, -0.25) is 9.59 Å². The predicted molar refractivity (Wildman–Crippen MR) is 94.7 cm³/mol. The van der Waals surface area contributed by atoms with Gasteiger partial charge in [-0.15, -0.1) is 6.42 Å². The number of nitrogens with one attached hydrogen (secondary N) is 2. The van der Waals surface area contributed by atoms with Gasteiger partial charge < -0.3 is 10.6 Å². The molecule has 1 atom stereocenters. The Kier molecular flexibility index (Phi) is 4.52. The van der Waals surface area contributed by atoms with Crippen LogP contribution in [0.2, 0.25) is 0 Å². The van der Waals surface area contributed by atoms with Crippen LogP contribution in [0, 0.1) is 18.3 Å². The normalized spacial score (nSPS) is 20.4. The molecule has 1 aliphatic rings. The number of amides is 2. The first-order chi connectivity index (χ1) is 11.1. The van der Waals surface area contributed by atoms with E-state index in [1.54, 1.807) is 38.1 Å². The maximum atomic E-state index is 12.6. The van der Waals surface area contributed by atoms with Gasteiger partial charge in [0.1, 0.15) is 11.4 Å². The summed E-state index contributed by atoms with van der Waals surface area (Å²) in [6.45, 7) is 9.23. The number of aliphatic imine (C=N–C) groups is 1. The fraction of sp³-hybridized carbons (Fsp3) is 0.421. The lowest BCUT2D eigenvalue weighted by atomic mass is 9.88. The Bertz CT molecular complexity index is 756. The van der Waals surface area contributed by atoms with E-state index in [0.717, 1.165) is 0 Å². The van der Waals surface area contributed by atoms with E-state index in [1.165, 1.54) is 0 Å². The highest BCUT2D eigenvalue weighted by Crippen LogP contribution is 2.25. The molecule has 1 aromatic rings. The molecule has 0 aromatic heterocycles. The summed E-state index contributed by atoms with van der Waals surface area (Å²) in [6, 6.07) is 7.03. The Morgan fingerprint density at radius 1 is 1.38 bits per heavy atom. The van der Waals surface area contributed by atoms with Gasteiger partial charge in [0.25, 0.3) is 11.8 Å². The molecule has 1 unspecified atom stereocenters. The van der Waals surface area contributed by atoms with Crippen LogP contribution < -0.4 is 10.6 Å². The van der Waals surface area contributed by atoms with Gasteiger partial charge in [0.05, 0.1) is 11.1 Å². The van der Waals surface area contributed by atoms with Crippen molar-refractivity contribution in [1.82, 2.24) is 10.6 Å². The summed E-state index contributed by atoms with van der Waals surface area (Å²) in [5, 5.41) is 5.98. The van der Waals surface area contributed by atoms with Crippen molar-refractivity contribution in [3.63, 3.8) is 0 Å². The Morgan fingerprint density at radius 2 is 2.00 bits per heavy atom. The third-order valence-corrected chi connectivity index (χ3v) is 4.40. The molecule has 2 N–H and O–H groups in total. The molecular weight excluding hydrogens is 302 g/mol. The first kappa shape index (κ1) is 17.7. The van der Waals surface area contributed by atoms with E-state index >= 15 is 0 Å². The van der Waals surface area contributed by atoms with E-state index in [9.17, 15) is 9.59 Å². The number of carbonyl (C=O) groups is 2. The van der Waals surface area contributed by atoms with Crippen LogP contribution >= 0.6 is 0 Å². The number of nitrogens with zero attached hydrogens (tertiary/aromatic N) is 1. The van der Waals surface area contributed by atoms with Crippen molar-refractivity contribution in [2.45, 2.75) is 45.7 Å². The van der Waals surface area contributed by atoms with Gasteiger partial charge in [-0.1, -0.05) is 38.0 Å². The standard InChI is InChI=1S/C19H23N3O2/c1-7-18(4,5)22-16(23)14-11-9-8-10-13(14)15-20-17(24)19(6,21-15)12(2)3/h1,8-12H,2-6H3,(H,22,23)(H,20,21,24). The fourth-order valence-electron chi connectivity index (χ4n) is 2.34. The highest BCUT2D eigenvalue weighted by molar-refractivity contribution is 6.17. The van der Waals surface area contributed by atoms with E-state index in [-0.39, 0.29) is 17.7 Å². The molecule has 2 amide bonds. The number of benzene rings is 1. The summed E-state index contributed by atoms with van der Waals surface area (Å²) in [5.74, 6) is 2.48. The summed E-state index contributed by atoms with van der Waals surface area (Å²) < 4.78 is 0. The van der Waals surface area contributed by atoms with Crippen molar-refractivity contribution in [3.8, 4) is 12.3 Å². The zero-order valence-corrected chi connectivity index (χ0v) is 14.7. The van der Waals surface area contributed by atoms with Crippen LogP contribution in [0.1, 0.15) is 50.5 Å². The van der Waals surface area contributed by atoms with Crippen LogP contribution in [-0.4, -0.2) is 28.7 Å². The van der Waals surface area contributed by atoms with Gasteiger partial charge in [0, 0.05) is 5.56 Å². The van der Waals surface area contributed by atoms with Gasteiger partial charge in [0.15, 0.2) is 0 Å². The molecule has 24 heavy (non-hydrogen) atoms. The van der Waals surface area contributed by atoms with Crippen LogP contribution in [0.5, 0.6) is 0 Å². The zero-order valence-electron chi connectivity index (χ0n) is 14.7. The number of hydrogen-bond donors (Lipinski definition) is 2. The molecule has 0 fully saturated rings. The lowest BCUT2D eigenvalue weighted by Gasteiger charge is -2.27. The minimum atomic E-state index is -0.767. The third kappa shape index (κ3) is 3.18. The Hall–Kier alpha value is -2.61. The van der Waals surface area contributed by atoms with Crippen molar-refractivity contribution in [1.29, 1.82) is 0 Å². The number of carbonyl (C=O) groups excluding carboxylic acids is 2. The number of hydrogen-bond acceptors (Lipinski definition) is 3. The lowest BCUT2D eigenvalue weighted by molar-refractivity contribution is -0.123. The summed E-state index contributed by atoms with van der Waals surface area (Å²) in [6.07, 6.45) is 5.43. The molecule has 1 aromatic carbocycles. The van der Waals surface area contributed by atoms with Crippen molar-refractivity contribution < 1.29 is 9.59 Å². The Morgan fingerprint density at radius 3 is 2.54 bits per heavy atom. The van der Waals surface area contributed by atoms with Gasteiger partial charge in [0.2, 0.25) is 0 Å². The summed E-state index contributed by atoms with van der Waals surface area (Å²) >= 11 is 0. The molecule has 0 saturated carbocycles. The van der Waals surface area contributed by atoms with E-state index in [0.29, 0.717) is 17.0 Å². The summed E-state index contributed by atoms with van der Waals surface area (Å²) in [7, 11) is 0. The van der Waals surface area contributed by atoms with E-state index in [1.807, 2.05) is 20.8 Å². The van der Waals surface area contributed by atoms with Crippen LogP contribution in [0.15, 0.2) is 29.3 Å². The fourth-order valence-corrected chi connectivity index (χ4v) is 2.34. The van der Waals surface area contributed by atoms with Crippen LogP contribution in [0.25, 0.3) is 0 Å². The molecule has 0 aliphatic carbocycles.